The maximum atomic E-state index is 12.1. The quantitative estimate of drug-likeness (QED) is 0.483. The van der Waals surface area contributed by atoms with Gasteiger partial charge in [0.1, 0.15) is 5.75 Å². The molecule has 7 nitrogen and oxygen atoms in total. The van der Waals surface area contributed by atoms with E-state index in [1.165, 1.54) is 13.2 Å². The van der Waals surface area contributed by atoms with E-state index in [4.69, 9.17) is 16.3 Å². The number of hydrazine groups is 1. The molecule has 0 fully saturated rings. The molecule has 0 unspecified atom stereocenters. The van der Waals surface area contributed by atoms with Crippen molar-refractivity contribution in [1.29, 1.82) is 0 Å². The van der Waals surface area contributed by atoms with E-state index in [9.17, 15) is 9.59 Å². The number of benzene rings is 1. The molecule has 9 heteroatoms. The van der Waals surface area contributed by atoms with Gasteiger partial charge in [-0.1, -0.05) is 23.4 Å². The molecule has 0 bridgehead atoms. The number of halogens is 1. The summed E-state index contributed by atoms with van der Waals surface area (Å²) in [4.78, 5) is 31.7. The van der Waals surface area contributed by atoms with Crippen molar-refractivity contribution in [3.63, 3.8) is 0 Å². The number of thioether (sulfide) groups is 1. The lowest BCUT2D eigenvalue weighted by Crippen LogP contribution is -2.42. The lowest BCUT2D eigenvalue weighted by Gasteiger charge is -2.10. The van der Waals surface area contributed by atoms with Gasteiger partial charge < -0.3 is 4.74 Å². The van der Waals surface area contributed by atoms with Crippen molar-refractivity contribution >= 4 is 35.2 Å². The Morgan fingerprint density at radius 2 is 2.00 bits per heavy atom. The summed E-state index contributed by atoms with van der Waals surface area (Å²) in [5.41, 5.74) is 4.84. The molecule has 23 heavy (non-hydrogen) atoms. The topological polar surface area (TPSA) is 93.2 Å². The fourth-order valence-electron chi connectivity index (χ4n) is 1.58. The molecular weight excluding hydrogens is 340 g/mol. The van der Waals surface area contributed by atoms with Gasteiger partial charge in [-0.25, -0.2) is 9.97 Å². The van der Waals surface area contributed by atoms with Crippen LogP contribution in [0.5, 0.6) is 5.75 Å². The summed E-state index contributed by atoms with van der Waals surface area (Å²) in [6.07, 6.45) is 3.17. The molecular formula is C14H13ClN4O3S. The molecule has 0 saturated heterocycles. The van der Waals surface area contributed by atoms with Crippen molar-refractivity contribution in [2.24, 2.45) is 0 Å². The highest BCUT2D eigenvalue weighted by molar-refractivity contribution is 7.99. The van der Waals surface area contributed by atoms with Gasteiger partial charge in [0, 0.05) is 17.4 Å². The third-order valence-electron chi connectivity index (χ3n) is 2.60. The average molecular weight is 353 g/mol. The molecule has 2 N–H and O–H groups in total. The van der Waals surface area contributed by atoms with Gasteiger partial charge in [0.25, 0.3) is 5.91 Å². The van der Waals surface area contributed by atoms with Crippen LogP contribution >= 0.6 is 23.4 Å². The van der Waals surface area contributed by atoms with Gasteiger partial charge in [-0.2, -0.15) is 0 Å². The number of carbonyl (C=O) groups excluding carboxylic acids is 2. The van der Waals surface area contributed by atoms with Crippen LogP contribution in [0.1, 0.15) is 10.4 Å². The third-order valence-corrected chi connectivity index (χ3v) is 3.71. The number of aromatic nitrogens is 2. The predicted molar refractivity (Wildman–Crippen MR) is 86.4 cm³/mol. The van der Waals surface area contributed by atoms with Crippen LogP contribution in [0, 0.1) is 0 Å². The van der Waals surface area contributed by atoms with Crippen LogP contribution in [0.2, 0.25) is 5.02 Å². The highest BCUT2D eigenvalue weighted by Crippen LogP contribution is 2.22. The number of amides is 2. The highest BCUT2D eigenvalue weighted by atomic mass is 35.5. The smallest absolute Gasteiger partial charge is 0.273 e. The van der Waals surface area contributed by atoms with Crippen LogP contribution in [-0.2, 0) is 4.79 Å². The van der Waals surface area contributed by atoms with E-state index in [0.717, 1.165) is 11.8 Å². The number of hydrogen-bond acceptors (Lipinski definition) is 6. The van der Waals surface area contributed by atoms with E-state index in [-0.39, 0.29) is 11.3 Å². The van der Waals surface area contributed by atoms with Gasteiger partial charge in [-0.15, -0.1) is 0 Å². The summed E-state index contributed by atoms with van der Waals surface area (Å²) in [5.74, 6) is -0.500. The van der Waals surface area contributed by atoms with Crippen LogP contribution < -0.4 is 15.6 Å². The normalized spacial score (nSPS) is 10.0. The molecule has 1 heterocycles. The van der Waals surface area contributed by atoms with Crippen LogP contribution in [0.15, 0.2) is 41.8 Å². The van der Waals surface area contributed by atoms with Crippen LogP contribution in [0.25, 0.3) is 0 Å². The molecule has 0 atom stereocenters. The molecule has 0 aliphatic carbocycles. The van der Waals surface area contributed by atoms with Crippen LogP contribution in [0.4, 0.5) is 0 Å². The van der Waals surface area contributed by atoms with Crippen molar-refractivity contribution in [1.82, 2.24) is 20.8 Å². The summed E-state index contributed by atoms with van der Waals surface area (Å²) in [6.45, 7) is 0. The average Bonchev–Trinajstić information content (AvgIpc) is 2.58. The number of nitrogens with one attached hydrogen (secondary N) is 2. The Kier molecular flexibility index (Phi) is 6.19. The van der Waals surface area contributed by atoms with Crippen molar-refractivity contribution in [2.75, 3.05) is 12.9 Å². The molecule has 1 aromatic heterocycles. The van der Waals surface area contributed by atoms with Crippen molar-refractivity contribution in [3.8, 4) is 5.75 Å². The van der Waals surface area contributed by atoms with Gasteiger partial charge >= 0.3 is 0 Å². The van der Waals surface area contributed by atoms with Crippen molar-refractivity contribution in [2.45, 2.75) is 5.16 Å². The molecule has 120 valence electrons. The zero-order valence-corrected chi connectivity index (χ0v) is 13.6. The Labute approximate surface area is 141 Å². The standard InChI is InChI=1S/C14H13ClN4O3S/c1-22-11-4-3-9(15)7-10(11)13(21)19-18-12(20)8-23-14-16-5-2-6-17-14/h2-7H,8H2,1H3,(H,18,20)(H,19,21). The Bertz CT molecular complexity index is 700. The number of hydrogen-bond donors (Lipinski definition) is 2. The van der Waals surface area contributed by atoms with Gasteiger partial charge in [-0.05, 0) is 24.3 Å². The molecule has 0 radical (unpaired) electrons. The van der Waals surface area contributed by atoms with Crippen molar-refractivity contribution in [3.05, 3.63) is 47.2 Å². The summed E-state index contributed by atoms with van der Waals surface area (Å²) in [5, 5.41) is 0.865. The highest BCUT2D eigenvalue weighted by Gasteiger charge is 2.14. The first-order valence-electron chi connectivity index (χ1n) is 6.42. The lowest BCUT2D eigenvalue weighted by atomic mass is 10.2. The van der Waals surface area contributed by atoms with Crippen LogP contribution in [-0.4, -0.2) is 34.6 Å². The maximum absolute atomic E-state index is 12.1. The monoisotopic (exact) mass is 352 g/mol. The lowest BCUT2D eigenvalue weighted by molar-refractivity contribution is -0.119. The van der Waals surface area contributed by atoms with Gasteiger partial charge in [0.15, 0.2) is 5.16 Å². The maximum Gasteiger partial charge on any atom is 0.273 e. The second-order valence-corrected chi connectivity index (χ2v) is 5.55. The first-order valence-corrected chi connectivity index (χ1v) is 7.79. The summed E-state index contributed by atoms with van der Waals surface area (Å²) in [7, 11) is 1.44. The third kappa shape index (κ3) is 5.11. The first kappa shape index (κ1) is 17.0. The molecule has 2 rings (SSSR count). The molecule has 0 aliphatic heterocycles. The fraction of sp³-hybridized carbons (Fsp3) is 0.143. The predicted octanol–water partition coefficient (Wildman–Crippen LogP) is 1.69. The van der Waals surface area contributed by atoms with E-state index < -0.39 is 11.8 Å². The number of carbonyl (C=O) groups is 2. The second kappa shape index (κ2) is 8.35. The largest absolute Gasteiger partial charge is 0.496 e. The molecule has 0 aliphatic rings. The Morgan fingerprint density at radius 3 is 2.70 bits per heavy atom. The molecule has 0 saturated carbocycles. The van der Waals surface area contributed by atoms with E-state index in [1.54, 1.807) is 30.6 Å². The van der Waals surface area contributed by atoms with E-state index in [1.807, 2.05) is 0 Å². The number of ether oxygens (including phenoxy) is 1. The van der Waals surface area contributed by atoms with Crippen LogP contribution in [0.3, 0.4) is 0 Å². The van der Waals surface area contributed by atoms with Gasteiger partial charge in [0.05, 0.1) is 18.4 Å². The zero-order chi connectivity index (χ0) is 16.7. The molecule has 2 aromatic rings. The number of methoxy groups -OCH3 is 1. The first-order chi connectivity index (χ1) is 11.1. The Hall–Kier alpha value is -2.32. The number of rotatable bonds is 5. The minimum absolute atomic E-state index is 0.0664. The zero-order valence-electron chi connectivity index (χ0n) is 12.1. The SMILES string of the molecule is COc1ccc(Cl)cc1C(=O)NNC(=O)CSc1ncccn1. The molecule has 1 aromatic carbocycles. The van der Waals surface area contributed by atoms with Gasteiger partial charge in [-0.3, -0.25) is 20.4 Å². The number of nitrogens with zero attached hydrogens (tertiary/aromatic N) is 2. The summed E-state index contributed by atoms with van der Waals surface area (Å²) < 4.78 is 5.08. The van der Waals surface area contributed by atoms with E-state index in [2.05, 4.69) is 20.8 Å². The molecule has 0 spiro atoms. The Morgan fingerprint density at radius 1 is 1.26 bits per heavy atom. The summed E-state index contributed by atoms with van der Waals surface area (Å²) in [6, 6.07) is 6.31. The fourth-order valence-corrected chi connectivity index (χ4v) is 2.35. The van der Waals surface area contributed by atoms with E-state index >= 15 is 0 Å². The Balaban J connectivity index is 1.86. The van der Waals surface area contributed by atoms with E-state index in [0.29, 0.717) is 15.9 Å². The molecule has 2 amide bonds. The summed E-state index contributed by atoms with van der Waals surface area (Å²) >= 11 is 7.01. The van der Waals surface area contributed by atoms with Crippen molar-refractivity contribution < 1.29 is 14.3 Å². The minimum Gasteiger partial charge on any atom is -0.496 e. The van der Waals surface area contributed by atoms with Gasteiger partial charge in [0.2, 0.25) is 5.91 Å². The minimum atomic E-state index is -0.529. The second-order valence-electron chi connectivity index (χ2n) is 4.17.